The molecule has 0 radical (unpaired) electrons. The van der Waals surface area contributed by atoms with Crippen molar-refractivity contribution in [1.82, 2.24) is 19.7 Å². The SMILES string of the molecule is Cc1ccc(C)c(Cn2c(Cc3ccncc3)nc3ccc(-c4c(C)noc4C)cc32)c1. The lowest BCUT2D eigenvalue weighted by molar-refractivity contribution is 0.393. The molecular weight excluding hydrogens is 396 g/mol. The summed E-state index contributed by atoms with van der Waals surface area (Å²) in [6.45, 7) is 9.03. The van der Waals surface area contributed by atoms with Gasteiger partial charge in [-0.2, -0.15) is 0 Å². The third-order valence-electron chi connectivity index (χ3n) is 6.09. The van der Waals surface area contributed by atoms with E-state index < -0.39 is 0 Å². The van der Waals surface area contributed by atoms with E-state index in [2.05, 4.69) is 77.1 Å². The topological polar surface area (TPSA) is 56.7 Å². The first kappa shape index (κ1) is 20.2. The van der Waals surface area contributed by atoms with E-state index in [1.165, 1.54) is 22.3 Å². The second kappa shape index (κ2) is 8.08. The molecule has 3 aromatic heterocycles. The van der Waals surface area contributed by atoms with Crippen LogP contribution in [0.15, 0.2) is 65.4 Å². The van der Waals surface area contributed by atoms with Gasteiger partial charge in [-0.3, -0.25) is 4.98 Å². The van der Waals surface area contributed by atoms with E-state index in [4.69, 9.17) is 9.51 Å². The maximum atomic E-state index is 5.42. The van der Waals surface area contributed by atoms with Gasteiger partial charge in [0, 0.05) is 30.9 Å². The predicted octanol–water partition coefficient (Wildman–Crippen LogP) is 5.96. The van der Waals surface area contributed by atoms with Crippen molar-refractivity contribution < 1.29 is 4.52 Å². The Balaban J connectivity index is 1.68. The molecule has 5 aromatic rings. The van der Waals surface area contributed by atoms with Crippen LogP contribution in [0.5, 0.6) is 0 Å². The average Bonchev–Trinajstić information content (AvgIpc) is 3.30. The second-order valence-electron chi connectivity index (χ2n) is 8.48. The van der Waals surface area contributed by atoms with Gasteiger partial charge in [-0.15, -0.1) is 0 Å². The van der Waals surface area contributed by atoms with Crippen LogP contribution in [0, 0.1) is 27.7 Å². The number of rotatable bonds is 5. The molecule has 0 spiro atoms. The van der Waals surface area contributed by atoms with Crippen LogP contribution in [0.25, 0.3) is 22.2 Å². The summed E-state index contributed by atoms with van der Waals surface area (Å²) in [5.74, 6) is 1.88. The molecule has 3 heterocycles. The molecule has 2 aromatic carbocycles. The first-order chi connectivity index (χ1) is 15.5. The van der Waals surface area contributed by atoms with Crippen molar-refractivity contribution in [2.45, 2.75) is 40.7 Å². The highest BCUT2D eigenvalue weighted by atomic mass is 16.5. The zero-order valence-corrected chi connectivity index (χ0v) is 18.9. The van der Waals surface area contributed by atoms with Gasteiger partial charge in [0.2, 0.25) is 0 Å². The van der Waals surface area contributed by atoms with Gasteiger partial charge in [-0.1, -0.05) is 35.0 Å². The fraction of sp³-hybridized carbons (Fsp3) is 0.222. The number of imidazole rings is 1. The number of aromatic nitrogens is 4. The van der Waals surface area contributed by atoms with Crippen LogP contribution in [-0.2, 0) is 13.0 Å². The normalized spacial score (nSPS) is 11.4. The van der Waals surface area contributed by atoms with E-state index in [1.807, 2.05) is 26.2 Å². The molecule has 0 N–H and O–H groups in total. The van der Waals surface area contributed by atoms with Gasteiger partial charge in [0.05, 0.1) is 16.7 Å². The monoisotopic (exact) mass is 422 g/mol. The minimum Gasteiger partial charge on any atom is -0.361 e. The summed E-state index contributed by atoms with van der Waals surface area (Å²) in [5.41, 5.74) is 10.2. The van der Waals surface area contributed by atoms with E-state index >= 15 is 0 Å². The number of hydrogen-bond acceptors (Lipinski definition) is 4. The maximum absolute atomic E-state index is 5.42. The molecule has 0 aliphatic heterocycles. The molecule has 5 nitrogen and oxygen atoms in total. The number of benzene rings is 2. The minimum absolute atomic E-state index is 0.753. The second-order valence-corrected chi connectivity index (χ2v) is 8.48. The van der Waals surface area contributed by atoms with Crippen molar-refractivity contribution in [1.29, 1.82) is 0 Å². The van der Waals surface area contributed by atoms with Crippen LogP contribution in [0.4, 0.5) is 0 Å². The summed E-state index contributed by atoms with van der Waals surface area (Å²) in [6, 6.07) is 17.2. The summed E-state index contributed by atoms with van der Waals surface area (Å²) in [4.78, 5) is 9.18. The molecule has 5 heteroatoms. The van der Waals surface area contributed by atoms with E-state index in [0.717, 1.165) is 52.4 Å². The average molecular weight is 423 g/mol. The van der Waals surface area contributed by atoms with Crippen LogP contribution in [0.2, 0.25) is 0 Å². The molecule has 0 unspecified atom stereocenters. The molecule has 160 valence electrons. The van der Waals surface area contributed by atoms with Crippen molar-refractivity contribution >= 4 is 11.0 Å². The van der Waals surface area contributed by atoms with Gasteiger partial charge in [-0.05, 0) is 74.2 Å². The van der Waals surface area contributed by atoms with Crippen molar-refractivity contribution in [2.75, 3.05) is 0 Å². The van der Waals surface area contributed by atoms with Crippen molar-refractivity contribution in [3.05, 3.63) is 100 Å². The lowest BCUT2D eigenvalue weighted by Crippen LogP contribution is -2.07. The van der Waals surface area contributed by atoms with Crippen LogP contribution < -0.4 is 0 Å². The molecule has 0 bridgehead atoms. The Labute approximate surface area is 187 Å². The van der Waals surface area contributed by atoms with Crippen molar-refractivity contribution in [3.63, 3.8) is 0 Å². The standard InChI is InChI=1S/C27H26N4O/c1-17-5-6-18(2)23(13-17)16-31-25-15-22(27-19(3)30-32-20(27)4)7-8-24(25)29-26(31)14-21-9-11-28-12-10-21/h5-13,15H,14,16H2,1-4H3. The lowest BCUT2D eigenvalue weighted by atomic mass is 10.0. The van der Waals surface area contributed by atoms with Crippen LogP contribution in [-0.4, -0.2) is 19.7 Å². The van der Waals surface area contributed by atoms with E-state index in [-0.39, 0.29) is 0 Å². The van der Waals surface area contributed by atoms with Crippen LogP contribution in [0.1, 0.15) is 39.5 Å². The van der Waals surface area contributed by atoms with E-state index in [9.17, 15) is 0 Å². The number of aryl methyl sites for hydroxylation is 4. The number of nitrogens with zero attached hydrogens (tertiary/aromatic N) is 4. The van der Waals surface area contributed by atoms with Gasteiger partial charge < -0.3 is 9.09 Å². The Morgan fingerprint density at radius 2 is 1.72 bits per heavy atom. The third-order valence-corrected chi connectivity index (χ3v) is 6.09. The largest absolute Gasteiger partial charge is 0.361 e. The summed E-state index contributed by atoms with van der Waals surface area (Å²) < 4.78 is 7.77. The summed E-state index contributed by atoms with van der Waals surface area (Å²) in [5, 5.41) is 4.14. The molecule has 5 rings (SSSR count). The number of hydrogen-bond donors (Lipinski definition) is 0. The summed E-state index contributed by atoms with van der Waals surface area (Å²) in [7, 11) is 0. The molecule has 0 saturated heterocycles. The van der Waals surface area contributed by atoms with Gasteiger partial charge >= 0.3 is 0 Å². The molecule has 0 fully saturated rings. The number of pyridine rings is 1. The number of fused-ring (bicyclic) bond motifs is 1. The Morgan fingerprint density at radius 1 is 0.906 bits per heavy atom. The van der Waals surface area contributed by atoms with Gasteiger partial charge in [0.15, 0.2) is 0 Å². The van der Waals surface area contributed by atoms with Crippen molar-refractivity contribution in [3.8, 4) is 11.1 Å². The van der Waals surface area contributed by atoms with Crippen LogP contribution >= 0.6 is 0 Å². The first-order valence-corrected chi connectivity index (χ1v) is 10.9. The summed E-state index contributed by atoms with van der Waals surface area (Å²) >= 11 is 0. The predicted molar refractivity (Wildman–Crippen MR) is 127 cm³/mol. The fourth-order valence-corrected chi connectivity index (χ4v) is 4.36. The zero-order valence-electron chi connectivity index (χ0n) is 18.9. The smallest absolute Gasteiger partial charge is 0.141 e. The maximum Gasteiger partial charge on any atom is 0.141 e. The highest BCUT2D eigenvalue weighted by Crippen LogP contribution is 2.31. The Hall–Kier alpha value is -3.73. The quantitative estimate of drug-likeness (QED) is 0.351. The molecular formula is C27H26N4O. The molecule has 0 saturated carbocycles. The molecule has 0 atom stereocenters. The lowest BCUT2D eigenvalue weighted by Gasteiger charge is -2.13. The van der Waals surface area contributed by atoms with Crippen LogP contribution in [0.3, 0.4) is 0 Å². The molecule has 32 heavy (non-hydrogen) atoms. The first-order valence-electron chi connectivity index (χ1n) is 10.9. The highest BCUT2D eigenvalue weighted by molar-refractivity contribution is 5.84. The highest BCUT2D eigenvalue weighted by Gasteiger charge is 2.17. The minimum atomic E-state index is 0.753. The Kier molecular flexibility index (Phi) is 5.10. The van der Waals surface area contributed by atoms with E-state index in [1.54, 1.807) is 0 Å². The zero-order chi connectivity index (χ0) is 22.2. The third kappa shape index (κ3) is 3.71. The van der Waals surface area contributed by atoms with Gasteiger partial charge in [0.1, 0.15) is 11.6 Å². The van der Waals surface area contributed by atoms with E-state index in [0.29, 0.717) is 0 Å². The Bertz CT molecular complexity index is 1390. The fourth-order valence-electron chi connectivity index (χ4n) is 4.36. The van der Waals surface area contributed by atoms with Gasteiger partial charge in [-0.25, -0.2) is 4.98 Å². The summed E-state index contributed by atoms with van der Waals surface area (Å²) in [6.07, 6.45) is 4.42. The molecule has 0 aliphatic rings. The Morgan fingerprint density at radius 3 is 2.47 bits per heavy atom. The molecule has 0 amide bonds. The molecule has 0 aliphatic carbocycles. The van der Waals surface area contributed by atoms with Crippen molar-refractivity contribution in [2.24, 2.45) is 0 Å². The van der Waals surface area contributed by atoms with Gasteiger partial charge in [0.25, 0.3) is 0 Å².